The van der Waals surface area contributed by atoms with Crippen molar-refractivity contribution in [2.24, 2.45) is 0 Å². The number of rotatable bonds is 3. The first-order valence-corrected chi connectivity index (χ1v) is 8.24. The molecule has 0 atom stereocenters. The third-order valence-corrected chi connectivity index (χ3v) is 4.65. The minimum atomic E-state index is 0.592. The van der Waals surface area contributed by atoms with Crippen molar-refractivity contribution in [2.45, 2.75) is 57.8 Å². The van der Waals surface area contributed by atoms with Gasteiger partial charge >= 0.3 is 0 Å². The summed E-state index contributed by atoms with van der Waals surface area (Å²) in [5.74, 6) is 1.41. The van der Waals surface area contributed by atoms with Crippen LogP contribution in [0.3, 0.4) is 0 Å². The fraction of sp³-hybridized carbons (Fsp3) is 0.500. The summed E-state index contributed by atoms with van der Waals surface area (Å²) in [6, 6.07) is 10.2. The molecule has 1 aliphatic carbocycles. The molecular formula is C18H25N3. The van der Waals surface area contributed by atoms with Crippen molar-refractivity contribution >= 4 is 5.82 Å². The van der Waals surface area contributed by atoms with E-state index in [-0.39, 0.29) is 0 Å². The number of nitrogens with two attached hydrogens (primary N) is 1. The summed E-state index contributed by atoms with van der Waals surface area (Å²) in [4.78, 5) is 0. The molecule has 0 unspecified atom stereocenters. The highest BCUT2D eigenvalue weighted by Gasteiger charge is 2.23. The Kier molecular flexibility index (Phi) is 4.28. The molecule has 0 saturated heterocycles. The summed E-state index contributed by atoms with van der Waals surface area (Å²) < 4.78 is 1.93. The molecule has 3 rings (SSSR count). The van der Waals surface area contributed by atoms with E-state index in [1.54, 1.807) is 0 Å². The van der Waals surface area contributed by atoms with E-state index in [0.717, 1.165) is 17.9 Å². The molecule has 112 valence electrons. The number of nitrogen functional groups attached to an aromatic ring is 1. The Balaban J connectivity index is 2.00. The molecule has 1 saturated carbocycles. The lowest BCUT2D eigenvalue weighted by Crippen LogP contribution is -2.03. The molecule has 21 heavy (non-hydrogen) atoms. The Labute approximate surface area is 127 Å². The predicted molar refractivity (Wildman–Crippen MR) is 87.8 cm³/mol. The standard InChI is InChI=1S/C18H25N3/c1-2-16-17(14-10-6-3-4-7-11-14)20-21(18(16)19)15-12-8-5-9-13-15/h5,8-9,12-14H,2-4,6-7,10-11,19H2,1H3. The lowest BCUT2D eigenvalue weighted by molar-refractivity contribution is 0.567. The van der Waals surface area contributed by atoms with Crippen molar-refractivity contribution < 1.29 is 0 Å². The third-order valence-electron chi connectivity index (χ3n) is 4.65. The topological polar surface area (TPSA) is 43.8 Å². The average molecular weight is 283 g/mol. The van der Waals surface area contributed by atoms with E-state index in [1.165, 1.54) is 49.8 Å². The summed E-state index contributed by atoms with van der Waals surface area (Å²) in [6.45, 7) is 2.18. The number of benzene rings is 1. The Morgan fingerprint density at radius 1 is 1.10 bits per heavy atom. The van der Waals surface area contributed by atoms with Crippen molar-refractivity contribution in [1.82, 2.24) is 9.78 Å². The van der Waals surface area contributed by atoms with Gasteiger partial charge in [0.05, 0.1) is 11.4 Å². The van der Waals surface area contributed by atoms with Gasteiger partial charge in [0, 0.05) is 11.5 Å². The SMILES string of the molecule is CCc1c(C2CCCCCC2)nn(-c2ccccc2)c1N. The lowest BCUT2D eigenvalue weighted by atomic mass is 9.93. The van der Waals surface area contributed by atoms with Crippen LogP contribution in [0, 0.1) is 0 Å². The number of hydrogen-bond acceptors (Lipinski definition) is 2. The van der Waals surface area contributed by atoms with Gasteiger partial charge in [-0.2, -0.15) is 5.10 Å². The second-order valence-electron chi connectivity index (χ2n) is 6.04. The molecule has 1 aromatic carbocycles. The van der Waals surface area contributed by atoms with E-state index in [2.05, 4.69) is 19.1 Å². The molecule has 0 aliphatic heterocycles. The van der Waals surface area contributed by atoms with Gasteiger partial charge in [0.25, 0.3) is 0 Å². The fourth-order valence-electron chi connectivity index (χ4n) is 3.49. The van der Waals surface area contributed by atoms with Gasteiger partial charge in [-0.3, -0.25) is 0 Å². The summed E-state index contributed by atoms with van der Waals surface area (Å²) >= 11 is 0. The normalized spacial score (nSPS) is 16.8. The zero-order valence-corrected chi connectivity index (χ0v) is 12.9. The third kappa shape index (κ3) is 2.82. The molecule has 0 spiro atoms. The molecule has 3 nitrogen and oxygen atoms in total. The molecule has 2 aromatic rings. The highest BCUT2D eigenvalue weighted by atomic mass is 15.3. The molecule has 0 radical (unpaired) electrons. The quantitative estimate of drug-likeness (QED) is 0.845. The van der Waals surface area contributed by atoms with Gasteiger partial charge in [-0.15, -0.1) is 0 Å². The summed E-state index contributed by atoms with van der Waals surface area (Å²) in [5, 5.41) is 4.91. The summed E-state index contributed by atoms with van der Waals surface area (Å²) in [5.41, 5.74) is 9.96. The minimum absolute atomic E-state index is 0.592. The zero-order chi connectivity index (χ0) is 14.7. The van der Waals surface area contributed by atoms with Gasteiger partial charge in [-0.1, -0.05) is 50.8 Å². The maximum Gasteiger partial charge on any atom is 0.130 e. The van der Waals surface area contributed by atoms with Crippen LogP contribution in [-0.2, 0) is 6.42 Å². The first-order chi connectivity index (χ1) is 10.3. The van der Waals surface area contributed by atoms with E-state index < -0.39 is 0 Å². The van der Waals surface area contributed by atoms with E-state index in [9.17, 15) is 0 Å². The molecule has 2 N–H and O–H groups in total. The van der Waals surface area contributed by atoms with Crippen LogP contribution in [0.1, 0.15) is 62.6 Å². The number of para-hydroxylation sites is 1. The minimum Gasteiger partial charge on any atom is -0.383 e. The average Bonchev–Trinajstić information content (AvgIpc) is 2.70. The molecule has 0 amide bonds. The van der Waals surface area contributed by atoms with Crippen LogP contribution in [0.4, 0.5) is 5.82 Å². The summed E-state index contributed by atoms with van der Waals surface area (Å²) in [7, 11) is 0. The Morgan fingerprint density at radius 3 is 2.38 bits per heavy atom. The predicted octanol–water partition coefficient (Wildman–Crippen LogP) is 4.45. The smallest absolute Gasteiger partial charge is 0.130 e. The van der Waals surface area contributed by atoms with Crippen LogP contribution in [-0.4, -0.2) is 9.78 Å². The zero-order valence-electron chi connectivity index (χ0n) is 12.9. The van der Waals surface area contributed by atoms with Gasteiger partial charge in [-0.25, -0.2) is 4.68 Å². The monoisotopic (exact) mass is 283 g/mol. The van der Waals surface area contributed by atoms with Crippen molar-refractivity contribution in [3.63, 3.8) is 0 Å². The number of nitrogens with zero attached hydrogens (tertiary/aromatic N) is 2. The highest BCUT2D eigenvalue weighted by molar-refractivity contribution is 5.51. The van der Waals surface area contributed by atoms with Gasteiger partial charge < -0.3 is 5.73 Å². The second-order valence-corrected chi connectivity index (χ2v) is 6.04. The molecule has 3 heteroatoms. The van der Waals surface area contributed by atoms with E-state index >= 15 is 0 Å². The molecular weight excluding hydrogens is 258 g/mol. The lowest BCUT2D eigenvalue weighted by Gasteiger charge is -2.12. The summed E-state index contributed by atoms with van der Waals surface area (Å²) in [6.07, 6.45) is 8.87. The van der Waals surface area contributed by atoms with Gasteiger partial charge in [-0.05, 0) is 31.4 Å². The number of anilines is 1. The first-order valence-electron chi connectivity index (χ1n) is 8.24. The van der Waals surface area contributed by atoms with Crippen molar-refractivity contribution in [3.8, 4) is 5.69 Å². The van der Waals surface area contributed by atoms with E-state index in [1.807, 2.05) is 22.9 Å². The Morgan fingerprint density at radius 2 is 1.76 bits per heavy atom. The van der Waals surface area contributed by atoms with E-state index in [0.29, 0.717) is 5.92 Å². The number of aromatic nitrogens is 2. The molecule has 1 aliphatic rings. The van der Waals surface area contributed by atoms with Crippen LogP contribution in [0.15, 0.2) is 30.3 Å². The van der Waals surface area contributed by atoms with E-state index in [4.69, 9.17) is 10.8 Å². The molecule has 1 fully saturated rings. The largest absolute Gasteiger partial charge is 0.383 e. The fourth-order valence-corrected chi connectivity index (χ4v) is 3.49. The molecule has 1 heterocycles. The Hall–Kier alpha value is -1.77. The van der Waals surface area contributed by atoms with Crippen LogP contribution in [0.5, 0.6) is 0 Å². The second kappa shape index (κ2) is 6.33. The van der Waals surface area contributed by atoms with Crippen molar-refractivity contribution in [1.29, 1.82) is 0 Å². The van der Waals surface area contributed by atoms with Gasteiger partial charge in [0.1, 0.15) is 5.82 Å². The van der Waals surface area contributed by atoms with Crippen molar-refractivity contribution in [2.75, 3.05) is 5.73 Å². The van der Waals surface area contributed by atoms with Crippen LogP contribution in [0.2, 0.25) is 0 Å². The van der Waals surface area contributed by atoms with Crippen molar-refractivity contribution in [3.05, 3.63) is 41.6 Å². The number of hydrogen-bond donors (Lipinski definition) is 1. The van der Waals surface area contributed by atoms with Crippen LogP contribution >= 0.6 is 0 Å². The maximum absolute atomic E-state index is 6.39. The Bertz CT molecular complexity index is 578. The van der Waals surface area contributed by atoms with Crippen LogP contribution in [0.25, 0.3) is 5.69 Å². The first kappa shape index (κ1) is 14.2. The molecule has 1 aromatic heterocycles. The van der Waals surface area contributed by atoms with Gasteiger partial charge in [0.2, 0.25) is 0 Å². The van der Waals surface area contributed by atoms with Crippen LogP contribution < -0.4 is 5.73 Å². The maximum atomic E-state index is 6.39. The van der Waals surface area contributed by atoms with Gasteiger partial charge in [0.15, 0.2) is 0 Å². The molecule has 0 bridgehead atoms. The highest BCUT2D eigenvalue weighted by Crippen LogP contribution is 2.35.